The van der Waals surface area contributed by atoms with E-state index in [1.165, 1.54) is 5.01 Å². The summed E-state index contributed by atoms with van der Waals surface area (Å²) in [5, 5.41) is 3.34. The summed E-state index contributed by atoms with van der Waals surface area (Å²) in [4.78, 5) is 4.33. The van der Waals surface area contributed by atoms with Gasteiger partial charge in [-0.05, 0) is 6.92 Å². The quantitative estimate of drug-likeness (QED) is 0.772. The normalized spacial score (nSPS) is 8.50. The minimum Gasteiger partial charge on any atom is -0.246 e. The van der Waals surface area contributed by atoms with Crippen molar-refractivity contribution in [3.63, 3.8) is 0 Å². The van der Waals surface area contributed by atoms with Crippen molar-refractivity contribution in [2.24, 2.45) is 0 Å². The van der Waals surface area contributed by atoms with Crippen LogP contribution in [0.15, 0.2) is 5.38 Å². The van der Waals surface area contributed by atoms with Crippen molar-refractivity contribution in [2.45, 2.75) is 40.5 Å². The Balaban J connectivity index is 0. The molecule has 1 heterocycles. The summed E-state index contributed by atoms with van der Waals surface area (Å²) in [7, 11) is 0. The topological polar surface area (TPSA) is 12.9 Å². The average molecular weight is 312 g/mol. The van der Waals surface area contributed by atoms with Gasteiger partial charge in [-0.25, -0.2) is 4.98 Å². The van der Waals surface area contributed by atoms with Crippen molar-refractivity contribution in [1.82, 2.24) is 4.98 Å². The third kappa shape index (κ3) is 5.61. The Labute approximate surface area is 113 Å². The number of rotatable bonds is 1. The summed E-state index contributed by atoms with van der Waals surface area (Å²) in [5.74, 6) is 0.587. The summed E-state index contributed by atoms with van der Waals surface area (Å²) in [6, 6.07) is 0. The van der Waals surface area contributed by atoms with Crippen LogP contribution in [0.5, 0.6) is 0 Å². The maximum Gasteiger partial charge on any atom is 0.0953 e. The number of aryl methyl sites for hydroxylation is 1. The number of nitrogens with zero attached hydrogens (tertiary/aromatic N) is 1. The van der Waals surface area contributed by atoms with Gasteiger partial charge in [-0.2, -0.15) is 0 Å². The molecule has 1 nitrogen and oxygen atoms in total. The van der Waals surface area contributed by atoms with Gasteiger partial charge in [-0.15, -0.1) is 11.3 Å². The van der Waals surface area contributed by atoms with Gasteiger partial charge in [0, 0.05) is 58.3 Å². The van der Waals surface area contributed by atoms with Crippen molar-refractivity contribution in [1.29, 1.82) is 0 Å². The summed E-state index contributed by atoms with van der Waals surface area (Å²) in [6.45, 7) is 10.4. The second-order valence-corrected chi connectivity index (χ2v) is 3.37. The van der Waals surface area contributed by atoms with Gasteiger partial charge in [0.05, 0.1) is 5.01 Å². The van der Waals surface area contributed by atoms with Gasteiger partial charge < -0.3 is 0 Å². The third-order valence-corrected chi connectivity index (χ3v) is 2.39. The Bertz CT molecular complexity index is 196. The van der Waals surface area contributed by atoms with E-state index in [0.717, 1.165) is 5.69 Å². The van der Waals surface area contributed by atoms with E-state index in [0.29, 0.717) is 5.92 Å². The molecular weight excluding hydrogens is 295 g/mol. The number of aromatic nitrogens is 1. The zero-order chi connectivity index (χ0) is 8.85. The van der Waals surface area contributed by atoms with Gasteiger partial charge in [-0.1, -0.05) is 27.7 Å². The Morgan fingerprint density at radius 3 is 2.00 bits per heavy atom. The summed E-state index contributed by atoms with van der Waals surface area (Å²) >= 11 is 1.75. The second kappa shape index (κ2) is 8.59. The van der Waals surface area contributed by atoms with E-state index in [-0.39, 0.29) is 41.3 Å². The minimum absolute atomic E-state index is 0. The maximum atomic E-state index is 4.33. The van der Waals surface area contributed by atoms with Gasteiger partial charge in [0.15, 0.2) is 0 Å². The van der Waals surface area contributed by atoms with Crippen molar-refractivity contribution in [3.05, 3.63) is 16.1 Å². The largest absolute Gasteiger partial charge is 0.246 e. The average Bonchev–Trinajstić information content (AvgIpc) is 2.40. The Kier molecular flexibility index (Phi) is 11.1. The van der Waals surface area contributed by atoms with E-state index in [9.17, 15) is 0 Å². The monoisotopic (exact) mass is 312 g/mol. The number of hydrogen-bond acceptors (Lipinski definition) is 2. The molecule has 0 saturated heterocycles. The van der Waals surface area contributed by atoms with Crippen LogP contribution < -0.4 is 0 Å². The van der Waals surface area contributed by atoms with Crippen molar-refractivity contribution >= 4 is 11.3 Å². The van der Waals surface area contributed by atoms with Crippen LogP contribution in [0, 0.1) is 48.2 Å². The molecule has 0 aliphatic rings. The van der Waals surface area contributed by atoms with Gasteiger partial charge in [-0.3, -0.25) is 0 Å². The van der Waals surface area contributed by atoms with E-state index in [2.05, 4.69) is 24.2 Å². The van der Waals surface area contributed by atoms with Crippen LogP contribution in [0.2, 0.25) is 0 Å². The predicted octanol–water partition coefficient (Wildman–Crippen LogP) is 3.60. The smallest absolute Gasteiger partial charge is 0.0953 e. The van der Waals surface area contributed by atoms with Crippen LogP contribution in [-0.2, 0) is 0 Å². The Hall–Kier alpha value is 0.994. The molecule has 0 aliphatic carbocycles. The molecule has 1 radical (unpaired) electrons. The summed E-state index contributed by atoms with van der Waals surface area (Å²) in [5.41, 5.74) is 1.14. The molecule has 0 saturated carbocycles. The molecule has 1 rings (SSSR count). The molecule has 0 spiro atoms. The fourth-order valence-corrected chi connectivity index (χ4v) is 1.45. The SMILES string of the molecule is CC.Cc1csc(C(C)C)n1.[Pr]. The van der Waals surface area contributed by atoms with Gasteiger partial charge in [0.25, 0.3) is 0 Å². The molecule has 67 valence electrons. The van der Waals surface area contributed by atoms with Gasteiger partial charge in [0.1, 0.15) is 0 Å². The Morgan fingerprint density at radius 2 is 1.83 bits per heavy atom. The van der Waals surface area contributed by atoms with Crippen molar-refractivity contribution in [3.8, 4) is 0 Å². The number of thiazole rings is 1. The summed E-state index contributed by atoms with van der Waals surface area (Å²) < 4.78 is 0. The van der Waals surface area contributed by atoms with E-state index >= 15 is 0 Å². The predicted molar refractivity (Wildman–Crippen MR) is 52.3 cm³/mol. The van der Waals surface area contributed by atoms with E-state index in [1.54, 1.807) is 11.3 Å². The fraction of sp³-hybridized carbons (Fsp3) is 0.667. The molecule has 1 aromatic heterocycles. The zero-order valence-electron chi connectivity index (χ0n) is 8.59. The molecule has 0 aromatic carbocycles. The van der Waals surface area contributed by atoms with Crippen LogP contribution >= 0.6 is 11.3 Å². The molecule has 0 atom stereocenters. The standard InChI is InChI=1S/C7H11NS.C2H6.Pr/c1-5(2)7-8-6(3)4-9-7;1-2;/h4-5H,1-3H3;1-2H3;. The first kappa shape index (κ1) is 15.5. The first-order valence-corrected chi connectivity index (χ1v) is 5.00. The molecule has 3 heteroatoms. The maximum absolute atomic E-state index is 4.33. The molecule has 0 N–H and O–H groups in total. The zero-order valence-corrected chi connectivity index (χ0v) is 13.1. The van der Waals surface area contributed by atoms with Gasteiger partial charge >= 0.3 is 0 Å². The van der Waals surface area contributed by atoms with E-state index in [1.807, 2.05) is 20.8 Å². The number of hydrogen-bond donors (Lipinski definition) is 0. The molecule has 0 bridgehead atoms. The fourth-order valence-electron chi connectivity index (χ4n) is 0.637. The summed E-state index contributed by atoms with van der Waals surface area (Å²) in [6.07, 6.45) is 0. The molecule has 0 aliphatic heterocycles. The molecule has 0 unspecified atom stereocenters. The van der Waals surface area contributed by atoms with Crippen LogP contribution in [0.3, 0.4) is 0 Å². The molecule has 1 aromatic rings. The van der Waals surface area contributed by atoms with Crippen LogP contribution in [0.4, 0.5) is 0 Å². The first-order valence-electron chi connectivity index (χ1n) is 4.12. The van der Waals surface area contributed by atoms with Crippen molar-refractivity contribution < 1.29 is 41.3 Å². The van der Waals surface area contributed by atoms with E-state index in [4.69, 9.17) is 0 Å². The van der Waals surface area contributed by atoms with Crippen LogP contribution in [0.25, 0.3) is 0 Å². The second-order valence-electron chi connectivity index (χ2n) is 2.48. The van der Waals surface area contributed by atoms with E-state index < -0.39 is 0 Å². The third-order valence-electron chi connectivity index (χ3n) is 1.13. The van der Waals surface area contributed by atoms with Crippen LogP contribution in [0.1, 0.15) is 44.3 Å². The Morgan fingerprint density at radius 1 is 1.33 bits per heavy atom. The minimum atomic E-state index is 0. The molecule has 0 fully saturated rings. The molecule has 12 heavy (non-hydrogen) atoms. The van der Waals surface area contributed by atoms with Crippen LogP contribution in [-0.4, -0.2) is 4.98 Å². The molecule has 0 amide bonds. The molecular formula is C9H17NPrS. The first-order chi connectivity index (χ1) is 5.20. The van der Waals surface area contributed by atoms with Gasteiger partial charge in [0.2, 0.25) is 0 Å². The van der Waals surface area contributed by atoms with Crippen molar-refractivity contribution in [2.75, 3.05) is 0 Å².